The molecule has 2 unspecified atom stereocenters. The maximum Gasteiger partial charge on any atom is 0.224 e. The van der Waals surface area contributed by atoms with Crippen LogP contribution >= 0.6 is 0 Å². The van der Waals surface area contributed by atoms with E-state index in [0.717, 1.165) is 47.0 Å². The Morgan fingerprint density at radius 2 is 1.61 bits per heavy atom. The predicted octanol–water partition coefficient (Wildman–Crippen LogP) is 6.46. The zero-order valence-electron chi connectivity index (χ0n) is 22.5. The number of amides is 1. The highest BCUT2D eigenvalue weighted by molar-refractivity contribution is 6.06. The molecule has 1 N–H and O–H groups in total. The number of anilines is 3. The number of methoxy groups -OCH3 is 1. The molecule has 5 rings (SSSR count). The van der Waals surface area contributed by atoms with Gasteiger partial charge in [0.15, 0.2) is 5.78 Å². The summed E-state index contributed by atoms with van der Waals surface area (Å²) in [5, 5.41) is 3.58. The average molecular weight is 510 g/mol. The molecule has 1 aliphatic heterocycles. The lowest BCUT2D eigenvalue weighted by atomic mass is 9.78. The molecule has 0 radical (unpaired) electrons. The number of benzene rings is 3. The zero-order chi connectivity index (χ0) is 26.8. The van der Waals surface area contributed by atoms with Gasteiger partial charge in [0, 0.05) is 43.4 Å². The molecule has 2 atom stereocenters. The second kappa shape index (κ2) is 10.7. The zero-order valence-corrected chi connectivity index (χ0v) is 22.5. The quantitative estimate of drug-likeness (QED) is 0.413. The van der Waals surface area contributed by atoms with Crippen LogP contribution in [-0.2, 0) is 9.59 Å². The number of ether oxygens (including phenoxy) is 1. The second-order valence-electron chi connectivity index (χ2n) is 9.89. The molecule has 3 aromatic carbocycles. The number of carbonyl (C=O) groups is 2. The summed E-state index contributed by atoms with van der Waals surface area (Å²) in [5.74, 6) is 0.743. The molecule has 0 saturated carbocycles. The lowest BCUT2D eigenvalue weighted by Crippen LogP contribution is -2.37. The Hall–Kier alpha value is -4.06. The highest BCUT2D eigenvalue weighted by atomic mass is 16.5. The molecule has 0 aromatic heterocycles. The fraction of sp³-hybridized carbons (Fsp3) is 0.312. The topological polar surface area (TPSA) is 61.9 Å². The lowest BCUT2D eigenvalue weighted by Gasteiger charge is -2.34. The van der Waals surface area contributed by atoms with Gasteiger partial charge in [-0.2, -0.15) is 0 Å². The second-order valence-corrected chi connectivity index (χ2v) is 9.89. The summed E-state index contributed by atoms with van der Waals surface area (Å²) in [7, 11) is 1.63. The van der Waals surface area contributed by atoms with Gasteiger partial charge in [-0.1, -0.05) is 36.4 Å². The maximum absolute atomic E-state index is 14.0. The smallest absolute Gasteiger partial charge is 0.224 e. The van der Waals surface area contributed by atoms with Crippen LogP contribution in [0.3, 0.4) is 0 Å². The van der Waals surface area contributed by atoms with E-state index < -0.39 is 6.04 Å². The minimum absolute atomic E-state index is 0.0621. The third kappa shape index (κ3) is 4.67. The summed E-state index contributed by atoms with van der Waals surface area (Å²) < 4.78 is 5.37. The Morgan fingerprint density at radius 3 is 2.24 bits per heavy atom. The molecule has 1 heterocycles. The number of ketones is 1. The van der Waals surface area contributed by atoms with Crippen molar-refractivity contribution < 1.29 is 14.3 Å². The van der Waals surface area contributed by atoms with Gasteiger partial charge in [0.25, 0.3) is 0 Å². The van der Waals surface area contributed by atoms with Gasteiger partial charge in [0.1, 0.15) is 5.75 Å². The summed E-state index contributed by atoms with van der Waals surface area (Å²) in [5.41, 5.74) is 6.37. The molecule has 38 heavy (non-hydrogen) atoms. The van der Waals surface area contributed by atoms with Gasteiger partial charge in [-0.15, -0.1) is 0 Å². The predicted molar refractivity (Wildman–Crippen MR) is 153 cm³/mol. The van der Waals surface area contributed by atoms with Crippen molar-refractivity contribution in [1.82, 2.24) is 0 Å². The fourth-order valence-electron chi connectivity index (χ4n) is 5.82. The number of hydrogen-bond donors (Lipinski definition) is 1. The lowest BCUT2D eigenvalue weighted by molar-refractivity contribution is -0.117. The highest BCUT2D eigenvalue weighted by Gasteiger charge is 2.40. The van der Waals surface area contributed by atoms with Crippen LogP contribution in [0.25, 0.3) is 0 Å². The number of nitrogens with zero attached hydrogens (tertiary/aromatic N) is 2. The van der Waals surface area contributed by atoms with Crippen LogP contribution in [0.2, 0.25) is 0 Å². The van der Waals surface area contributed by atoms with Crippen LogP contribution in [-0.4, -0.2) is 31.9 Å². The Balaban J connectivity index is 1.59. The summed E-state index contributed by atoms with van der Waals surface area (Å²) in [6.45, 7) is 7.79. The van der Waals surface area contributed by atoms with Crippen LogP contribution in [0, 0.1) is 0 Å². The first-order valence-electron chi connectivity index (χ1n) is 13.4. The van der Waals surface area contributed by atoms with Gasteiger partial charge < -0.3 is 15.0 Å². The van der Waals surface area contributed by atoms with Crippen LogP contribution < -0.4 is 19.9 Å². The van der Waals surface area contributed by atoms with Gasteiger partial charge in [0.05, 0.1) is 24.5 Å². The third-order valence-electron chi connectivity index (χ3n) is 7.75. The van der Waals surface area contributed by atoms with Crippen molar-refractivity contribution in [3.05, 3.63) is 95.2 Å². The van der Waals surface area contributed by atoms with Crippen molar-refractivity contribution in [3.63, 3.8) is 0 Å². The summed E-state index contributed by atoms with van der Waals surface area (Å²) in [6, 6.07) is 23.5. The Labute approximate surface area is 224 Å². The molecule has 6 nitrogen and oxygen atoms in total. The van der Waals surface area contributed by atoms with E-state index in [9.17, 15) is 9.59 Å². The largest absolute Gasteiger partial charge is 0.497 e. The number of rotatable bonds is 6. The Morgan fingerprint density at radius 1 is 0.947 bits per heavy atom. The Kier molecular flexibility index (Phi) is 7.23. The molecule has 2 aliphatic rings. The minimum Gasteiger partial charge on any atom is -0.497 e. The number of carbonyl (C=O) groups excluding carboxylic acids is 2. The van der Waals surface area contributed by atoms with E-state index in [1.807, 2.05) is 48.5 Å². The van der Waals surface area contributed by atoms with Crippen molar-refractivity contribution >= 4 is 28.8 Å². The molecule has 0 saturated heterocycles. The highest BCUT2D eigenvalue weighted by Crippen LogP contribution is 2.47. The molecule has 0 fully saturated rings. The SMILES string of the molecule is CCN(CC)c1ccc(C2CC(=O)C3=C(C2)Nc2ccccc2N(C(C)=O)C3c2ccc(OC)cc2)cc1. The van der Waals surface area contributed by atoms with E-state index in [0.29, 0.717) is 18.4 Å². The van der Waals surface area contributed by atoms with Gasteiger partial charge in [-0.05, 0) is 73.7 Å². The van der Waals surface area contributed by atoms with E-state index in [-0.39, 0.29) is 17.6 Å². The average Bonchev–Trinajstić information content (AvgIpc) is 3.09. The van der Waals surface area contributed by atoms with E-state index in [4.69, 9.17) is 4.74 Å². The first kappa shape index (κ1) is 25.6. The van der Waals surface area contributed by atoms with Crippen LogP contribution in [0.1, 0.15) is 56.7 Å². The maximum atomic E-state index is 14.0. The molecular weight excluding hydrogens is 474 g/mol. The monoisotopic (exact) mass is 509 g/mol. The minimum atomic E-state index is -0.525. The van der Waals surface area contributed by atoms with Crippen molar-refractivity contribution in [2.24, 2.45) is 0 Å². The van der Waals surface area contributed by atoms with Crippen molar-refractivity contribution in [2.45, 2.75) is 45.6 Å². The van der Waals surface area contributed by atoms with Gasteiger partial charge in [-0.25, -0.2) is 0 Å². The summed E-state index contributed by atoms with van der Waals surface area (Å²) in [6.07, 6.45) is 1.10. The van der Waals surface area contributed by atoms with Crippen molar-refractivity contribution in [1.29, 1.82) is 0 Å². The van der Waals surface area contributed by atoms with Crippen molar-refractivity contribution in [3.8, 4) is 5.75 Å². The summed E-state index contributed by atoms with van der Waals surface area (Å²) in [4.78, 5) is 31.2. The normalized spacial score (nSPS) is 18.7. The van der Waals surface area contributed by atoms with Gasteiger partial charge >= 0.3 is 0 Å². The number of Topliss-reactive ketones (excluding diaryl/α,β-unsaturated/α-hetero) is 1. The van der Waals surface area contributed by atoms with Crippen molar-refractivity contribution in [2.75, 3.05) is 35.3 Å². The number of hydrogen-bond acceptors (Lipinski definition) is 5. The Bertz CT molecular complexity index is 1360. The van der Waals surface area contributed by atoms with Crippen LogP contribution in [0.15, 0.2) is 84.1 Å². The first-order valence-corrected chi connectivity index (χ1v) is 13.4. The molecule has 1 aliphatic carbocycles. The molecule has 0 spiro atoms. The van der Waals surface area contributed by atoms with E-state index in [2.05, 4.69) is 48.3 Å². The van der Waals surface area contributed by atoms with E-state index in [1.165, 1.54) is 5.69 Å². The standard InChI is InChI=1S/C32H35N3O3/c1-5-34(6-2)25-15-11-22(12-16-25)24-19-28-31(30(37)20-24)32(23-13-17-26(38-4)18-14-23)35(21(3)36)29-10-8-7-9-27(29)33-28/h7-18,24,32-33H,5-6,19-20H2,1-4H3. The summed E-state index contributed by atoms with van der Waals surface area (Å²) >= 11 is 0. The van der Waals surface area contributed by atoms with E-state index >= 15 is 0 Å². The van der Waals surface area contributed by atoms with Crippen LogP contribution in [0.5, 0.6) is 5.75 Å². The van der Waals surface area contributed by atoms with Crippen LogP contribution in [0.4, 0.5) is 17.1 Å². The number of fused-ring (bicyclic) bond motifs is 1. The first-order chi connectivity index (χ1) is 18.4. The number of nitrogens with one attached hydrogen (secondary N) is 1. The molecular formula is C32H35N3O3. The molecule has 3 aromatic rings. The van der Waals surface area contributed by atoms with E-state index in [1.54, 1.807) is 18.9 Å². The molecule has 0 bridgehead atoms. The van der Waals surface area contributed by atoms with Gasteiger partial charge in [0.2, 0.25) is 5.91 Å². The molecule has 6 heteroatoms. The molecule has 196 valence electrons. The number of para-hydroxylation sites is 2. The molecule has 1 amide bonds. The number of allylic oxidation sites excluding steroid dienone is 1. The van der Waals surface area contributed by atoms with Gasteiger partial charge in [-0.3, -0.25) is 14.5 Å². The fourth-order valence-corrected chi connectivity index (χ4v) is 5.82. The third-order valence-corrected chi connectivity index (χ3v) is 7.75.